The maximum Gasteiger partial charge on any atom is 0.322 e. The molecule has 1 N–H and O–H groups in total. The van der Waals surface area contributed by atoms with Crippen LogP contribution in [0.2, 0.25) is 0 Å². The Morgan fingerprint density at radius 1 is 1.50 bits per heavy atom. The summed E-state index contributed by atoms with van der Waals surface area (Å²) in [4.78, 5) is 19.7. The molecule has 128 valence electrons. The van der Waals surface area contributed by atoms with Crippen molar-refractivity contribution in [2.45, 2.75) is 25.5 Å². The molecule has 2 aromatic rings. The molecular weight excluding hydrogens is 326 g/mol. The lowest BCUT2D eigenvalue weighted by atomic mass is 10.2. The van der Waals surface area contributed by atoms with Crippen molar-refractivity contribution in [1.82, 2.24) is 9.88 Å². The van der Waals surface area contributed by atoms with Crippen molar-refractivity contribution in [2.75, 3.05) is 25.6 Å². The summed E-state index contributed by atoms with van der Waals surface area (Å²) in [6, 6.07) is 7.38. The Labute approximate surface area is 145 Å². The number of amides is 2. The highest BCUT2D eigenvalue weighted by atomic mass is 32.1. The van der Waals surface area contributed by atoms with E-state index in [2.05, 4.69) is 10.3 Å². The van der Waals surface area contributed by atoms with Crippen LogP contribution in [0.5, 0.6) is 5.88 Å². The highest BCUT2D eigenvalue weighted by Crippen LogP contribution is 2.19. The molecular formula is C17H21N3O3S. The zero-order chi connectivity index (χ0) is 16.8. The average Bonchev–Trinajstić information content (AvgIpc) is 3.29. The lowest BCUT2D eigenvalue weighted by Crippen LogP contribution is -2.39. The van der Waals surface area contributed by atoms with E-state index in [4.69, 9.17) is 9.47 Å². The van der Waals surface area contributed by atoms with Gasteiger partial charge in [-0.2, -0.15) is 0 Å². The fourth-order valence-electron chi connectivity index (χ4n) is 2.62. The van der Waals surface area contributed by atoms with E-state index in [-0.39, 0.29) is 12.1 Å². The third-order valence-electron chi connectivity index (χ3n) is 3.86. The number of rotatable bonds is 6. The van der Waals surface area contributed by atoms with Crippen molar-refractivity contribution in [3.8, 4) is 5.88 Å². The number of anilines is 1. The highest BCUT2D eigenvalue weighted by Gasteiger charge is 2.23. The fraction of sp³-hybridized carbons (Fsp3) is 0.412. The molecule has 0 unspecified atom stereocenters. The summed E-state index contributed by atoms with van der Waals surface area (Å²) in [7, 11) is 1.56. The quantitative estimate of drug-likeness (QED) is 0.870. The van der Waals surface area contributed by atoms with E-state index >= 15 is 0 Å². The van der Waals surface area contributed by atoms with E-state index in [1.807, 2.05) is 17.5 Å². The van der Waals surface area contributed by atoms with Crippen LogP contribution in [-0.4, -0.2) is 42.3 Å². The maximum absolute atomic E-state index is 12.7. The average molecular weight is 347 g/mol. The topological polar surface area (TPSA) is 63.7 Å². The summed E-state index contributed by atoms with van der Waals surface area (Å²) in [5.41, 5.74) is 0.643. The minimum absolute atomic E-state index is 0.115. The van der Waals surface area contributed by atoms with Crippen LogP contribution in [0.3, 0.4) is 0 Å². The minimum atomic E-state index is -0.147. The van der Waals surface area contributed by atoms with Gasteiger partial charge < -0.3 is 19.7 Å². The molecule has 1 saturated heterocycles. The summed E-state index contributed by atoms with van der Waals surface area (Å²) in [6.45, 7) is 1.95. The highest BCUT2D eigenvalue weighted by molar-refractivity contribution is 7.09. The van der Waals surface area contributed by atoms with Gasteiger partial charge in [0.25, 0.3) is 0 Å². The van der Waals surface area contributed by atoms with E-state index in [0.717, 1.165) is 24.3 Å². The van der Waals surface area contributed by atoms with E-state index in [9.17, 15) is 4.79 Å². The standard InChI is InChI=1S/C17H21N3O3S/c1-22-16-7-6-13(10-18-16)19-17(21)20(11-14-4-2-8-23-14)12-15-5-3-9-24-15/h3,5-7,9-10,14H,2,4,8,11-12H2,1H3,(H,19,21)/t14-/m0/s1. The van der Waals surface area contributed by atoms with Gasteiger partial charge in [0, 0.05) is 24.1 Å². The fourth-order valence-corrected chi connectivity index (χ4v) is 3.34. The van der Waals surface area contributed by atoms with Crippen LogP contribution in [0.1, 0.15) is 17.7 Å². The summed E-state index contributed by atoms with van der Waals surface area (Å²) in [5, 5.41) is 4.92. The van der Waals surface area contributed by atoms with Crippen LogP contribution >= 0.6 is 11.3 Å². The first-order chi connectivity index (χ1) is 11.7. The summed E-state index contributed by atoms with van der Waals surface area (Å²) >= 11 is 1.65. The second-order valence-corrected chi connectivity index (χ2v) is 6.65. The molecule has 0 aromatic carbocycles. The Bertz CT molecular complexity index is 640. The Hall–Kier alpha value is -2.12. The van der Waals surface area contributed by atoms with Crippen molar-refractivity contribution in [3.63, 3.8) is 0 Å². The molecule has 1 aliphatic rings. The monoisotopic (exact) mass is 347 g/mol. The second-order valence-electron chi connectivity index (χ2n) is 5.61. The Morgan fingerprint density at radius 2 is 2.42 bits per heavy atom. The number of carbonyl (C=O) groups is 1. The SMILES string of the molecule is COc1ccc(NC(=O)N(Cc2cccs2)C[C@@H]2CCCO2)cn1. The van der Waals surface area contributed by atoms with Gasteiger partial charge in [0.15, 0.2) is 0 Å². The summed E-state index contributed by atoms with van der Waals surface area (Å²) < 4.78 is 10.7. The lowest BCUT2D eigenvalue weighted by molar-refractivity contribution is 0.0821. The van der Waals surface area contributed by atoms with Gasteiger partial charge in [-0.15, -0.1) is 11.3 Å². The van der Waals surface area contributed by atoms with Crippen LogP contribution in [0.15, 0.2) is 35.8 Å². The van der Waals surface area contributed by atoms with E-state index in [1.54, 1.807) is 41.7 Å². The van der Waals surface area contributed by atoms with Gasteiger partial charge in [-0.25, -0.2) is 9.78 Å². The van der Waals surface area contributed by atoms with Crippen LogP contribution in [0.25, 0.3) is 0 Å². The number of ether oxygens (including phenoxy) is 2. The zero-order valence-corrected chi connectivity index (χ0v) is 14.4. The zero-order valence-electron chi connectivity index (χ0n) is 13.6. The molecule has 1 atom stereocenters. The molecule has 7 heteroatoms. The molecule has 1 fully saturated rings. The third kappa shape index (κ3) is 4.46. The number of nitrogens with one attached hydrogen (secondary N) is 1. The third-order valence-corrected chi connectivity index (χ3v) is 4.72. The predicted molar refractivity (Wildman–Crippen MR) is 93.5 cm³/mol. The molecule has 0 spiro atoms. The van der Waals surface area contributed by atoms with Gasteiger partial charge in [0.05, 0.1) is 31.6 Å². The number of methoxy groups -OCH3 is 1. The molecule has 2 aromatic heterocycles. The molecule has 24 heavy (non-hydrogen) atoms. The van der Waals surface area contributed by atoms with Crippen molar-refractivity contribution in [3.05, 3.63) is 40.7 Å². The van der Waals surface area contributed by atoms with Crippen molar-refractivity contribution >= 4 is 23.1 Å². The molecule has 2 amide bonds. The van der Waals surface area contributed by atoms with Gasteiger partial charge >= 0.3 is 6.03 Å². The van der Waals surface area contributed by atoms with E-state index in [0.29, 0.717) is 24.7 Å². The van der Waals surface area contributed by atoms with Crippen molar-refractivity contribution < 1.29 is 14.3 Å². The summed E-state index contributed by atoms with van der Waals surface area (Å²) in [6.07, 6.45) is 3.76. The van der Waals surface area contributed by atoms with Crippen LogP contribution in [-0.2, 0) is 11.3 Å². The van der Waals surface area contributed by atoms with E-state index < -0.39 is 0 Å². The van der Waals surface area contributed by atoms with Gasteiger partial charge in [-0.05, 0) is 30.4 Å². The second kappa shape index (κ2) is 8.12. The van der Waals surface area contributed by atoms with Crippen LogP contribution in [0, 0.1) is 0 Å². The van der Waals surface area contributed by atoms with Crippen LogP contribution in [0.4, 0.5) is 10.5 Å². The lowest BCUT2D eigenvalue weighted by Gasteiger charge is -2.25. The van der Waals surface area contributed by atoms with Crippen molar-refractivity contribution in [2.24, 2.45) is 0 Å². The normalized spacial score (nSPS) is 16.8. The van der Waals surface area contributed by atoms with E-state index in [1.165, 1.54) is 0 Å². The number of hydrogen-bond acceptors (Lipinski definition) is 5. The Balaban J connectivity index is 1.66. The van der Waals surface area contributed by atoms with Crippen molar-refractivity contribution in [1.29, 1.82) is 0 Å². The number of carbonyl (C=O) groups excluding carboxylic acids is 1. The number of nitrogens with zero attached hydrogens (tertiary/aromatic N) is 2. The number of hydrogen-bond donors (Lipinski definition) is 1. The molecule has 6 nitrogen and oxygen atoms in total. The number of thiophene rings is 1. The molecule has 0 aliphatic carbocycles. The van der Waals surface area contributed by atoms with Gasteiger partial charge in [-0.3, -0.25) is 0 Å². The molecule has 3 rings (SSSR count). The van der Waals surface area contributed by atoms with Gasteiger partial charge in [0.2, 0.25) is 5.88 Å². The molecule has 0 radical (unpaired) electrons. The smallest absolute Gasteiger partial charge is 0.322 e. The molecule has 0 saturated carbocycles. The Morgan fingerprint density at radius 3 is 3.04 bits per heavy atom. The Kier molecular flexibility index (Phi) is 5.66. The summed E-state index contributed by atoms with van der Waals surface area (Å²) in [5.74, 6) is 0.516. The first kappa shape index (κ1) is 16.7. The molecule has 1 aliphatic heterocycles. The number of urea groups is 1. The minimum Gasteiger partial charge on any atom is -0.481 e. The van der Waals surface area contributed by atoms with Gasteiger partial charge in [0.1, 0.15) is 0 Å². The maximum atomic E-state index is 12.7. The van der Waals surface area contributed by atoms with Gasteiger partial charge in [-0.1, -0.05) is 6.07 Å². The predicted octanol–water partition coefficient (Wildman–Crippen LogP) is 3.36. The number of pyridine rings is 1. The first-order valence-corrected chi connectivity index (χ1v) is 8.82. The number of aromatic nitrogens is 1. The largest absolute Gasteiger partial charge is 0.481 e. The molecule has 0 bridgehead atoms. The van der Waals surface area contributed by atoms with Crippen LogP contribution < -0.4 is 10.1 Å². The molecule has 3 heterocycles. The first-order valence-electron chi connectivity index (χ1n) is 7.94.